The molecule has 0 saturated heterocycles. The van der Waals surface area contributed by atoms with Gasteiger partial charge in [0.2, 0.25) is 21.8 Å². The molecule has 10 heteroatoms. The summed E-state index contributed by atoms with van der Waals surface area (Å²) in [7, 11) is -3.85. The van der Waals surface area contributed by atoms with Gasteiger partial charge in [0, 0.05) is 30.1 Å². The molecule has 2 amide bonds. The molecule has 1 aliphatic rings. The molecule has 2 aromatic carbocycles. The molecule has 0 fully saturated rings. The molecule has 0 bridgehead atoms. The monoisotopic (exact) mass is 515 g/mol. The molecular formula is C24H22ClN3O4S2. The largest absolute Gasteiger partial charge is 0.326 e. The Balaban J connectivity index is 1.40. The molecule has 2 heterocycles. The van der Waals surface area contributed by atoms with E-state index in [1.165, 1.54) is 39.9 Å². The highest BCUT2D eigenvalue weighted by Crippen LogP contribution is 2.38. The van der Waals surface area contributed by atoms with E-state index in [9.17, 15) is 18.0 Å². The fourth-order valence-corrected chi connectivity index (χ4v) is 6.68. The van der Waals surface area contributed by atoms with Gasteiger partial charge in [0.15, 0.2) is 0 Å². The zero-order valence-corrected chi connectivity index (χ0v) is 20.5. The van der Waals surface area contributed by atoms with Crippen LogP contribution in [-0.4, -0.2) is 24.5 Å². The zero-order chi connectivity index (χ0) is 24.3. The van der Waals surface area contributed by atoms with Crippen LogP contribution in [0.2, 0.25) is 5.02 Å². The van der Waals surface area contributed by atoms with Gasteiger partial charge in [-0.2, -0.15) is 4.31 Å². The highest BCUT2D eigenvalue weighted by molar-refractivity contribution is 7.89. The van der Waals surface area contributed by atoms with Crippen LogP contribution in [0, 0.1) is 0 Å². The Morgan fingerprint density at radius 2 is 1.85 bits per heavy atom. The molecule has 0 aliphatic carbocycles. The minimum atomic E-state index is -3.85. The van der Waals surface area contributed by atoms with E-state index in [0.29, 0.717) is 23.5 Å². The lowest BCUT2D eigenvalue weighted by Crippen LogP contribution is -2.26. The number of nitrogens with one attached hydrogen (secondary N) is 2. The molecule has 7 nitrogen and oxygen atoms in total. The molecule has 2 N–H and O–H groups in total. The van der Waals surface area contributed by atoms with E-state index in [0.717, 1.165) is 16.0 Å². The van der Waals surface area contributed by atoms with Gasteiger partial charge in [-0.25, -0.2) is 8.42 Å². The van der Waals surface area contributed by atoms with Crippen molar-refractivity contribution in [2.45, 2.75) is 30.8 Å². The van der Waals surface area contributed by atoms with E-state index in [1.807, 2.05) is 30.3 Å². The predicted octanol–water partition coefficient (Wildman–Crippen LogP) is 4.80. The number of halogens is 1. The number of thiophene rings is 1. The van der Waals surface area contributed by atoms with E-state index in [-0.39, 0.29) is 34.8 Å². The van der Waals surface area contributed by atoms with Crippen molar-refractivity contribution in [2.75, 3.05) is 10.6 Å². The summed E-state index contributed by atoms with van der Waals surface area (Å²) in [4.78, 5) is 24.6. The number of hydrogen-bond donors (Lipinski definition) is 2. The Morgan fingerprint density at radius 1 is 1.09 bits per heavy atom. The Morgan fingerprint density at radius 3 is 2.53 bits per heavy atom. The minimum absolute atomic E-state index is 0.0215. The van der Waals surface area contributed by atoms with Crippen molar-refractivity contribution in [1.29, 1.82) is 0 Å². The standard InChI is InChI=1S/C24H22ClN3O4S2/c1-2-22(29)27-24-12-17-14-28(15-20(17)33-24)34(31,32)21-10-9-18(13-19(21)25)26-23(30)11-8-16-6-4-3-5-7-16/h2-7,9-10,12-13H,1,8,11,14-15H2,(H,26,30)(H,27,29). The maximum atomic E-state index is 13.2. The number of hydrogen-bond acceptors (Lipinski definition) is 5. The van der Waals surface area contributed by atoms with Crippen LogP contribution in [-0.2, 0) is 39.1 Å². The second kappa shape index (κ2) is 10.1. The van der Waals surface area contributed by atoms with E-state index < -0.39 is 10.0 Å². The summed E-state index contributed by atoms with van der Waals surface area (Å²) in [5.41, 5.74) is 2.34. The number of rotatable bonds is 8. The van der Waals surface area contributed by atoms with Gasteiger partial charge >= 0.3 is 0 Å². The molecule has 3 aromatic rings. The first kappa shape index (κ1) is 24.2. The van der Waals surface area contributed by atoms with Gasteiger partial charge in [0.1, 0.15) is 4.90 Å². The number of fused-ring (bicyclic) bond motifs is 1. The lowest BCUT2D eigenvalue weighted by molar-refractivity contribution is -0.116. The van der Waals surface area contributed by atoms with Crippen molar-refractivity contribution >= 4 is 55.5 Å². The molecule has 4 rings (SSSR count). The normalized spacial score (nSPS) is 13.3. The molecule has 0 unspecified atom stereocenters. The van der Waals surface area contributed by atoms with Crippen LogP contribution in [0.5, 0.6) is 0 Å². The van der Waals surface area contributed by atoms with E-state index in [2.05, 4.69) is 17.2 Å². The van der Waals surface area contributed by atoms with Crippen LogP contribution in [0.15, 0.2) is 72.1 Å². The van der Waals surface area contributed by atoms with Crippen LogP contribution in [0.3, 0.4) is 0 Å². The van der Waals surface area contributed by atoms with Crippen LogP contribution in [0.1, 0.15) is 22.4 Å². The molecule has 1 aliphatic heterocycles. The van der Waals surface area contributed by atoms with Gasteiger partial charge in [-0.05, 0) is 47.9 Å². The first-order valence-electron chi connectivity index (χ1n) is 10.4. The molecule has 176 valence electrons. The van der Waals surface area contributed by atoms with E-state index >= 15 is 0 Å². The van der Waals surface area contributed by atoms with Crippen molar-refractivity contribution < 1.29 is 18.0 Å². The minimum Gasteiger partial charge on any atom is -0.326 e. The van der Waals surface area contributed by atoms with Gasteiger partial charge in [-0.3, -0.25) is 9.59 Å². The number of carbonyl (C=O) groups is 2. The fraction of sp³-hybridized carbons (Fsp3) is 0.167. The Bertz CT molecular complexity index is 1330. The molecule has 0 atom stereocenters. The van der Waals surface area contributed by atoms with Gasteiger partial charge in [-0.15, -0.1) is 11.3 Å². The highest BCUT2D eigenvalue weighted by Gasteiger charge is 2.33. The van der Waals surface area contributed by atoms with Crippen molar-refractivity contribution in [3.63, 3.8) is 0 Å². The van der Waals surface area contributed by atoms with Gasteiger partial charge in [0.05, 0.1) is 10.0 Å². The van der Waals surface area contributed by atoms with Crippen molar-refractivity contribution in [1.82, 2.24) is 4.31 Å². The fourth-order valence-electron chi connectivity index (χ4n) is 3.60. The number of carbonyl (C=O) groups excluding carboxylic acids is 2. The van der Waals surface area contributed by atoms with Crippen LogP contribution < -0.4 is 10.6 Å². The van der Waals surface area contributed by atoms with Crippen molar-refractivity contribution in [3.8, 4) is 0 Å². The Labute approximate surface area is 207 Å². The number of anilines is 2. The average Bonchev–Trinajstić information content (AvgIpc) is 3.37. The SMILES string of the molecule is C=CC(=O)Nc1cc2c(s1)CN(S(=O)(=O)c1ccc(NC(=O)CCc3ccccc3)cc1Cl)C2. The zero-order valence-electron chi connectivity index (χ0n) is 18.1. The van der Waals surface area contributed by atoms with E-state index in [4.69, 9.17) is 11.6 Å². The summed E-state index contributed by atoms with van der Waals surface area (Å²) < 4.78 is 27.7. The molecular weight excluding hydrogens is 494 g/mol. The third-order valence-corrected chi connectivity index (χ3v) is 8.66. The lowest BCUT2D eigenvalue weighted by atomic mass is 10.1. The van der Waals surface area contributed by atoms with Gasteiger partial charge < -0.3 is 10.6 Å². The summed E-state index contributed by atoms with van der Waals surface area (Å²) in [6, 6.07) is 15.8. The topological polar surface area (TPSA) is 95.6 Å². The lowest BCUT2D eigenvalue weighted by Gasteiger charge is -2.17. The molecule has 0 saturated carbocycles. The number of nitrogens with zero attached hydrogens (tertiary/aromatic N) is 1. The second-order valence-electron chi connectivity index (χ2n) is 7.70. The molecule has 0 spiro atoms. The average molecular weight is 516 g/mol. The predicted molar refractivity (Wildman–Crippen MR) is 134 cm³/mol. The van der Waals surface area contributed by atoms with Crippen molar-refractivity contribution in [3.05, 3.63) is 88.3 Å². The second-order valence-corrected chi connectivity index (χ2v) is 11.2. The van der Waals surface area contributed by atoms with Crippen LogP contribution in [0.4, 0.5) is 10.7 Å². The Hall–Kier alpha value is -2.98. The summed E-state index contributed by atoms with van der Waals surface area (Å²) in [5.74, 6) is -0.498. The number of benzene rings is 2. The van der Waals surface area contributed by atoms with E-state index in [1.54, 1.807) is 6.07 Å². The maximum absolute atomic E-state index is 13.2. The maximum Gasteiger partial charge on any atom is 0.248 e. The third-order valence-electron chi connectivity index (χ3n) is 5.31. The van der Waals surface area contributed by atoms with Gasteiger partial charge in [0.25, 0.3) is 0 Å². The van der Waals surface area contributed by atoms with Crippen LogP contribution in [0.25, 0.3) is 0 Å². The Kier molecular flexibility index (Phi) is 7.18. The molecule has 0 radical (unpaired) electrons. The first-order chi connectivity index (χ1) is 16.3. The van der Waals surface area contributed by atoms with Gasteiger partial charge in [-0.1, -0.05) is 48.5 Å². The molecule has 34 heavy (non-hydrogen) atoms. The molecule has 1 aromatic heterocycles. The van der Waals surface area contributed by atoms with Crippen LogP contribution >= 0.6 is 22.9 Å². The smallest absolute Gasteiger partial charge is 0.248 e. The number of aryl methyl sites for hydroxylation is 1. The number of amides is 2. The van der Waals surface area contributed by atoms with Crippen molar-refractivity contribution in [2.24, 2.45) is 0 Å². The summed E-state index contributed by atoms with van der Waals surface area (Å²) >= 11 is 7.65. The summed E-state index contributed by atoms with van der Waals surface area (Å²) in [6.45, 7) is 3.80. The third kappa shape index (κ3) is 5.39. The first-order valence-corrected chi connectivity index (χ1v) is 13.1. The quantitative estimate of drug-likeness (QED) is 0.421. The summed E-state index contributed by atoms with van der Waals surface area (Å²) in [5, 5.41) is 6.15. The summed E-state index contributed by atoms with van der Waals surface area (Å²) in [6.07, 6.45) is 2.08. The highest BCUT2D eigenvalue weighted by atomic mass is 35.5. The number of sulfonamides is 1.